The largest absolute Gasteiger partial charge is 0.466 e. The van der Waals surface area contributed by atoms with Gasteiger partial charge in [0, 0.05) is 40.0 Å². The summed E-state index contributed by atoms with van der Waals surface area (Å²) in [6, 6.07) is 7.56. The molecule has 0 fully saturated rings. The molecule has 0 aromatic heterocycles. The lowest BCUT2D eigenvalue weighted by Crippen LogP contribution is -2.42. The molecule has 232 valence electrons. The summed E-state index contributed by atoms with van der Waals surface area (Å²) in [5.74, 6) is 0.359. The fraction of sp³-hybridized carbons (Fsp3) is 0.419. The van der Waals surface area contributed by atoms with E-state index in [0.29, 0.717) is 65.8 Å². The average Bonchev–Trinajstić information content (AvgIpc) is 3.39. The van der Waals surface area contributed by atoms with Crippen LogP contribution in [0.1, 0.15) is 40.5 Å². The van der Waals surface area contributed by atoms with Crippen molar-refractivity contribution < 1.29 is 19.1 Å². The number of rotatable bonds is 12. The lowest BCUT2D eigenvalue weighted by atomic mass is 10.2. The first kappa shape index (κ1) is 33.1. The molecule has 43 heavy (non-hydrogen) atoms. The van der Waals surface area contributed by atoms with Crippen molar-refractivity contribution in [3.8, 4) is 0 Å². The Morgan fingerprint density at radius 2 is 1.21 bits per heavy atom. The van der Waals surface area contributed by atoms with Crippen LogP contribution < -0.4 is 19.6 Å². The molecule has 2 aromatic carbocycles. The number of ether oxygens (including phenoxy) is 2. The molecule has 0 N–H and O–H groups in total. The predicted octanol–water partition coefficient (Wildman–Crippen LogP) is 7.92. The van der Waals surface area contributed by atoms with E-state index in [1.807, 2.05) is 30.3 Å². The Balaban J connectivity index is 1.66. The van der Waals surface area contributed by atoms with Gasteiger partial charge in [0.25, 0.3) is 0 Å². The van der Waals surface area contributed by atoms with E-state index in [9.17, 15) is 9.59 Å². The van der Waals surface area contributed by atoms with Crippen LogP contribution in [0.15, 0.2) is 48.3 Å². The van der Waals surface area contributed by atoms with Crippen molar-refractivity contribution >= 4 is 81.1 Å². The summed E-state index contributed by atoms with van der Waals surface area (Å²) in [4.78, 5) is 31.5. The zero-order valence-electron chi connectivity index (χ0n) is 24.7. The third kappa shape index (κ3) is 7.48. The van der Waals surface area contributed by atoms with Gasteiger partial charge in [-0.05, 0) is 63.1 Å². The summed E-state index contributed by atoms with van der Waals surface area (Å²) < 4.78 is 10.4. The summed E-state index contributed by atoms with van der Waals surface area (Å²) in [5.41, 5.74) is 3.87. The molecule has 0 bridgehead atoms. The standard InChI is InChI=1S/C31H36Cl4N4O4/c1-5-36-26-16-22(32)24(34)18-28(26)38(12-8-14-42-20(3)40)30(36)10-7-11-31-37(6-2)27-17-23(33)25(35)19-29(27)39(31)13-9-15-43-21(4)41/h7,10-11,16-19,30H,5-6,8-9,12-15H2,1-4H3. The molecule has 0 amide bonds. The van der Waals surface area contributed by atoms with Crippen molar-refractivity contribution in [1.82, 2.24) is 0 Å². The summed E-state index contributed by atoms with van der Waals surface area (Å²) in [6.45, 7) is 10.3. The maximum Gasteiger partial charge on any atom is 0.302 e. The van der Waals surface area contributed by atoms with E-state index in [4.69, 9.17) is 55.9 Å². The summed E-state index contributed by atoms with van der Waals surface area (Å²) >= 11 is 25.7. The van der Waals surface area contributed by atoms with Crippen molar-refractivity contribution in [2.75, 3.05) is 59.0 Å². The number of likely N-dealkylation sites (N-methyl/N-ethyl adjacent to an activating group) is 1. The summed E-state index contributed by atoms with van der Waals surface area (Å²) in [5, 5.41) is 1.94. The fourth-order valence-corrected chi connectivity index (χ4v) is 6.12. The molecular formula is C31H36Cl4N4O4. The van der Waals surface area contributed by atoms with E-state index >= 15 is 0 Å². The molecule has 8 nitrogen and oxygen atoms in total. The van der Waals surface area contributed by atoms with Crippen LogP contribution in [0.25, 0.3) is 0 Å². The smallest absolute Gasteiger partial charge is 0.302 e. The highest BCUT2D eigenvalue weighted by Gasteiger charge is 2.35. The lowest BCUT2D eigenvalue weighted by Gasteiger charge is -2.30. The van der Waals surface area contributed by atoms with E-state index in [1.165, 1.54) is 13.8 Å². The minimum Gasteiger partial charge on any atom is -0.466 e. The Hall–Kier alpha value is -2.78. The number of carbonyl (C=O) groups is 2. The van der Waals surface area contributed by atoms with E-state index in [-0.39, 0.29) is 18.1 Å². The summed E-state index contributed by atoms with van der Waals surface area (Å²) in [6.07, 6.45) is 7.43. The molecule has 4 rings (SSSR count). The first-order valence-electron chi connectivity index (χ1n) is 14.3. The number of hydrogen-bond donors (Lipinski definition) is 0. The van der Waals surface area contributed by atoms with Gasteiger partial charge >= 0.3 is 11.9 Å². The van der Waals surface area contributed by atoms with Gasteiger partial charge < -0.3 is 29.1 Å². The van der Waals surface area contributed by atoms with Crippen molar-refractivity contribution in [3.63, 3.8) is 0 Å². The predicted molar refractivity (Wildman–Crippen MR) is 177 cm³/mol. The van der Waals surface area contributed by atoms with Crippen LogP contribution >= 0.6 is 46.4 Å². The van der Waals surface area contributed by atoms with Crippen LogP contribution in [0.5, 0.6) is 0 Å². The molecule has 0 radical (unpaired) electrons. The number of halogens is 4. The zero-order valence-corrected chi connectivity index (χ0v) is 27.7. The second kappa shape index (κ2) is 14.8. The highest BCUT2D eigenvalue weighted by Crippen LogP contribution is 2.46. The second-order valence-corrected chi connectivity index (χ2v) is 11.7. The molecule has 0 saturated heterocycles. The fourth-order valence-electron chi connectivity index (χ4n) is 5.49. The number of nitrogens with zero attached hydrogens (tertiary/aromatic N) is 4. The van der Waals surface area contributed by atoms with Crippen molar-refractivity contribution in [1.29, 1.82) is 0 Å². The van der Waals surface area contributed by atoms with Gasteiger partial charge in [-0.2, -0.15) is 0 Å². The SMILES string of the molecule is CCN1C(=CC=CC2N(CC)c3cc(Cl)c(Cl)cc3N2CCCOC(C)=O)N(CCCOC(C)=O)c2cc(Cl)c(Cl)cc21. The normalized spacial score (nSPS) is 16.8. The van der Waals surface area contributed by atoms with Gasteiger partial charge in [0.2, 0.25) is 0 Å². The molecule has 2 aromatic rings. The van der Waals surface area contributed by atoms with Crippen LogP contribution in [0.3, 0.4) is 0 Å². The first-order valence-corrected chi connectivity index (χ1v) is 15.8. The Morgan fingerprint density at radius 1 is 0.721 bits per heavy atom. The van der Waals surface area contributed by atoms with E-state index < -0.39 is 0 Å². The van der Waals surface area contributed by atoms with Gasteiger partial charge in [-0.3, -0.25) is 9.59 Å². The Morgan fingerprint density at radius 3 is 1.72 bits per heavy atom. The minimum absolute atomic E-state index is 0.121. The monoisotopic (exact) mass is 668 g/mol. The molecule has 0 spiro atoms. The topological polar surface area (TPSA) is 65.6 Å². The minimum atomic E-state index is -0.302. The third-order valence-corrected chi connectivity index (χ3v) is 8.74. The van der Waals surface area contributed by atoms with Crippen molar-refractivity contribution in [2.24, 2.45) is 0 Å². The number of carbonyl (C=O) groups excluding carboxylic acids is 2. The molecule has 2 aliphatic heterocycles. The van der Waals surface area contributed by atoms with Crippen molar-refractivity contribution in [3.05, 3.63) is 68.4 Å². The molecule has 12 heteroatoms. The lowest BCUT2D eigenvalue weighted by molar-refractivity contribution is -0.141. The van der Waals surface area contributed by atoms with E-state index in [2.05, 4.69) is 45.6 Å². The van der Waals surface area contributed by atoms with Gasteiger partial charge in [0.05, 0.1) is 56.1 Å². The van der Waals surface area contributed by atoms with Crippen molar-refractivity contribution in [2.45, 2.75) is 46.7 Å². The van der Waals surface area contributed by atoms with Crippen LogP contribution in [0.2, 0.25) is 20.1 Å². The van der Waals surface area contributed by atoms with Gasteiger partial charge in [-0.25, -0.2) is 0 Å². The molecule has 2 heterocycles. The molecule has 0 aliphatic carbocycles. The number of esters is 2. The third-order valence-electron chi connectivity index (χ3n) is 7.29. The van der Waals surface area contributed by atoms with Crippen LogP contribution in [0, 0.1) is 0 Å². The molecule has 2 aliphatic rings. The Labute approximate surface area is 273 Å². The summed E-state index contributed by atoms with van der Waals surface area (Å²) in [7, 11) is 0. The Bertz CT molecular complexity index is 1420. The van der Waals surface area contributed by atoms with Crippen LogP contribution in [0.4, 0.5) is 22.7 Å². The first-order chi connectivity index (χ1) is 20.6. The van der Waals surface area contributed by atoms with Gasteiger partial charge in [0.15, 0.2) is 0 Å². The number of allylic oxidation sites excluding steroid dienone is 2. The highest BCUT2D eigenvalue weighted by atomic mass is 35.5. The average molecular weight is 670 g/mol. The number of fused-ring (bicyclic) bond motifs is 2. The quantitative estimate of drug-likeness (QED) is 0.167. The zero-order chi connectivity index (χ0) is 31.3. The number of benzene rings is 2. The van der Waals surface area contributed by atoms with Gasteiger partial charge in [0.1, 0.15) is 12.0 Å². The maximum absolute atomic E-state index is 11.3. The Kier molecular flexibility index (Phi) is 11.4. The van der Waals surface area contributed by atoms with Crippen LogP contribution in [-0.2, 0) is 19.1 Å². The van der Waals surface area contributed by atoms with Crippen LogP contribution in [-0.4, -0.2) is 57.5 Å². The highest BCUT2D eigenvalue weighted by molar-refractivity contribution is 6.43. The molecule has 1 unspecified atom stereocenters. The second-order valence-electron chi connectivity index (χ2n) is 10.1. The van der Waals surface area contributed by atoms with E-state index in [1.54, 1.807) is 0 Å². The van der Waals surface area contributed by atoms with Gasteiger partial charge in [-0.1, -0.05) is 52.5 Å². The maximum atomic E-state index is 11.3. The molecule has 1 atom stereocenters. The van der Waals surface area contributed by atoms with Gasteiger partial charge in [-0.15, -0.1) is 0 Å². The molecular weight excluding hydrogens is 634 g/mol. The van der Waals surface area contributed by atoms with E-state index in [0.717, 1.165) is 35.1 Å². The number of anilines is 4. The number of hydrogen-bond acceptors (Lipinski definition) is 8. The molecule has 0 saturated carbocycles.